The van der Waals surface area contributed by atoms with Gasteiger partial charge in [0.2, 0.25) is 5.96 Å². The molecule has 1 saturated heterocycles. The molecule has 0 aliphatic carbocycles. The molecule has 2 aliphatic heterocycles. The normalized spacial score (nSPS) is 17.2. The number of hydrogen-bond donors (Lipinski definition) is 3. The third-order valence-electron chi connectivity index (χ3n) is 5.36. The molecule has 5 N–H and O–H groups in total. The molecule has 0 aromatic heterocycles. The molecule has 0 saturated carbocycles. The SMILES string of the molecule is O.O=S1(=O)N=C(NNCCCOc2cccc(CN3CCCCC3)c2)Nc2ccc(Br)cc21. The van der Waals surface area contributed by atoms with E-state index in [2.05, 4.69) is 53.5 Å². The molecule has 9 nitrogen and oxygen atoms in total. The van der Waals surface area contributed by atoms with Crippen molar-refractivity contribution in [1.82, 2.24) is 15.8 Å². The predicted molar refractivity (Wildman–Crippen MR) is 133 cm³/mol. The second-order valence-corrected chi connectivity index (χ2v) is 10.4. The minimum Gasteiger partial charge on any atom is -0.494 e. The van der Waals surface area contributed by atoms with Crippen molar-refractivity contribution in [3.63, 3.8) is 0 Å². The summed E-state index contributed by atoms with van der Waals surface area (Å²) in [7, 11) is -3.75. The molecular weight excluding hydrogens is 510 g/mol. The lowest BCUT2D eigenvalue weighted by Gasteiger charge is -2.26. The summed E-state index contributed by atoms with van der Waals surface area (Å²) in [6.07, 6.45) is 4.66. The van der Waals surface area contributed by atoms with Crippen molar-refractivity contribution in [2.45, 2.75) is 37.1 Å². The Hall–Kier alpha value is -2.18. The van der Waals surface area contributed by atoms with Crippen molar-refractivity contribution >= 4 is 37.6 Å². The van der Waals surface area contributed by atoms with Crippen molar-refractivity contribution in [2.24, 2.45) is 4.40 Å². The van der Waals surface area contributed by atoms with Gasteiger partial charge in [0.1, 0.15) is 10.6 Å². The molecule has 2 heterocycles. The van der Waals surface area contributed by atoms with Gasteiger partial charge in [0.05, 0.1) is 12.3 Å². The lowest BCUT2D eigenvalue weighted by molar-refractivity contribution is 0.220. The van der Waals surface area contributed by atoms with Gasteiger partial charge in [-0.1, -0.05) is 34.5 Å². The van der Waals surface area contributed by atoms with Crippen LogP contribution in [0.3, 0.4) is 0 Å². The first-order valence-electron chi connectivity index (χ1n) is 10.8. The van der Waals surface area contributed by atoms with Crippen molar-refractivity contribution in [3.05, 3.63) is 52.5 Å². The molecule has 33 heavy (non-hydrogen) atoms. The maximum Gasteiger partial charge on any atom is 0.287 e. The highest BCUT2D eigenvalue weighted by Crippen LogP contribution is 2.29. The Balaban J connectivity index is 0.00000306. The lowest BCUT2D eigenvalue weighted by atomic mass is 10.1. The van der Waals surface area contributed by atoms with Crippen molar-refractivity contribution in [3.8, 4) is 5.75 Å². The van der Waals surface area contributed by atoms with Crippen LogP contribution in [0.2, 0.25) is 0 Å². The number of piperidine rings is 1. The van der Waals surface area contributed by atoms with Gasteiger partial charge in [0.15, 0.2) is 0 Å². The Morgan fingerprint density at radius 1 is 1.12 bits per heavy atom. The quantitative estimate of drug-likeness (QED) is 0.347. The Labute approximate surface area is 203 Å². The van der Waals surface area contributed by atoms with Crippen LogP contribution in [0.5, 0.6) is 5.75 Å². The Morgan fingerprint density at radius 3 is 2.76 bits per heavy atom. The van der Waals surface area contributed by atoms with E-state index in [1.54, 1.807) is 12.1 Å². The number of sulfonamides is 1. The standard InChI is InChI=1S/C22H28BrN5O3S.H2O/c23-18-8-9-20-21(15-18)32(29,30)27-22(25-20)26-24-10-5-13-31-19-7-4-6-17(14-19)16-28-11-2-1-3-12-28;/h4,6-9,14-15,24H,1-3,5,10-13,16H2,(H2,25,26,27);1H2. The zero-order chi connectivity index (χ0) is 22.4. The van der Waals surface area contributed by atoms with Gasteiger partial charge in [0.25, 0.3) is 10.0 Å². The Kier molecular flexibility index (Phi) is 9.10. The van der Waals surface area contributed by atoms with Gasteiger partial charge in [0, 0.05) is 17.6 Å². The summed E-state index contributed by atoms with van der Waals surface area (Å²) < 4.78 is 35.0. The maximum atomic E-state index is 12.3. The number of halogens is 1. The number of guanidine groups is 1. The molecule has 4 rings (SSSR count). The van der Waals surface area contributed by atoms with E-state index >= 15 is 0 Å². The second-order valence-electron chi connectivity index (χ2n) is 7.92. The van der Waals surface area contributed by atoms with Gasteiger partial charge >= 0.3 is 0 Å². The second kappa shape index (κ2) is 11.8. The first-order chi connectivity index (χ1) is 15.5. The van der Waals surface area contributed by atoms with E-state index in [0.717, 1.165) is 18.7 Å². The highest BCUT2D eigenvalue weighted by molar-refractivity contribution is 9.10. The summed E-state index contributed by atoms with van der Waals surface area (Å²) in [5.74, 6) is 1.02. The Bertz CT molecular complexity index is 1070. The van der Waals surface area contributed by atoms with Crippen molar-refractivity contribution in [1.29, 1.82) is 0 Å². The monoisotopic (exact) mass is 539 g/mol. The van der Waals surface area contributed by atoms with Gasteiger partial charge in [-0.3, -0.25) is 10.3 Å². The fourth-order valence-corrected chi connectivity index (χ4v) is 5.41. The van der Waals surface area contributed by atoms with Crippen LogP contribution >= 0.6 is 15.9 Å². The summed E-state index contributed by atoms with van der Waals surface area (Å²) in [5, 5.41) is 2.98. The highest BCUT2D eigenvalue weighted by atomic mass is 79.9. The largest absolute Gasteiger partial charge is 0.494 e. The first-order valence-corrected chi connectivity index (χ1v) is 13.1. The van der Waals surface area contributed by atoms with E-state index in [0.29, 0.717) is 23.3 Å². The van der Waals surface area contributed by atoms with E-state index in [9.17, 15) is 8.42 Å². The summed E-state index contributed by atoms with van der Waals surface area (Å²) in [6, 6.07) is 13.3. The Morgan fingerprint density at radius 2 is 1.94 bits per heavy atom. The van der Waals surface area contributed by atoms with E-state index in [-0.39, 0.29) is 16.3 Å². The lowest BCUT2D eigenvalue weighted by Crippen LogP contribution is -2.44. The van der Waals surface area contributed by atoms with Crippen LogP contribution in [0.25, 0.3) is 0 Å². The van der Waals surface area contributed by atoms with Crippen LogP contribution < -0.4 is 20.9 Å². The molecule has 0 amide bonds. The zero-order valence-corrected chi connectivity index (χ0v) is 20.7. The first kappa shape index (κ1) is 25.4. The molecule has 2 aliphatic rings. The van der Waals surface area contributed by atoms with E-state index in [1.165, 1.54) is 44.0 Å². The number of nitrogens with one attached hydrogen (secondary N) is 3. The van der Waals surface area contributed by atoms with Gasteiger partial charge < -0.3 is 15.5 Å². The number of likely N-dealkylation sites (tertiary alicyclic amines) is 1. The molecule has 0 spiro atoms. The van der Waals surface area contributed by atoms with Crippen LogP contribution in [0.1, 0.15) is 31.2 Å². The summed E-state index contributed by atoms with van der Waals surface area (Å²) in [5.41, 5.74) is 7.57. The van der Waals surface area contributed by atoms with Gasteiger partial charge in [-0.2, -0.15) is 8.42 Å². The number of anilines is 1. The number of nitrogens with zero attached hydrogens (tertiary/aromatic N) is 2. The third-order valence-corrected chi connectivity index (χ3v) is 7.17. The van der Waals surface area contributed by atoms with Crippen molar-refractivity contribution < 1.29 is 18.6 Å². The molecule has 0 unspecified atom stereocenters. The van der Waals surface area contributed by atoms with Crippen LogP contribution in [0, 0.1) is 0 Å². The predicted octanol–water partition coefficient (Wildman–Crippen LogP) is 2.64. The molecule has 11 heteroatoms. The number of fused-ring (bicyclic) bond motifs is 1. The number of hydrogen-bond acceptors (Lipinski definition) is 7. The summed E-state index contributed by atoms with van der Waals surface area (Å²) in [6.45, 7) is 4.46. The van der Waals surface area contributed by atoms with Gasteiger partial charge in [-0.15, -0.1) is 4.40 Å². The maximum absolute atomic E-state index is 12.3. The molecule has 0 bridgehead atoms. The van der Waals surface area contributed by atoms with Crippen LogP contribution in [0.15, 0.2) is 56.2 Å². The average Bonchev–Trinajstić information content (AvgIpc) is 2.77. The number of rotatable bonds is 8. The van der Waals surface area contributed by atoms with Crippen LogP contribution in [-0.2, 0) is 16.6 Å². The molecule has 1 fully saturated rings. The zero-order valence-electron chi connectivity index (χ0n) is 18.3. The van der Waals surface area contributed by atoms with Crippen LogP contribution in [0.4, 0.5) is 5.69 Å². The van der Waals surface area contributed by atoms with E-state index < -0.39 is 10.0 Å². The molecule has 0 radical (unpaired) electrons. The number of benzene rings is 2. The molecule has 180 valence electrons. The molecular formula is C22H30BrN5O4S. The topological polar surface area (TPSA) is 127 Å². The number of ether oxygens (including phenoxy) is 1. The molecule has 2 aromatic rings. The average molecular weight is 540 g/mol. The molecule has 0 atom stereocenters. The minimum atomic E-state index is -3.75. The van der Waals surface area contributed by atoms with E-state index in [4.69, 9.17) is 4.74 Å². The van der Waals surface area contributed by atoms with Crippen LogP contribution in [-0.4, -0.2) is 51.0 Å². The fraction of sp³-hybridized carbons (Fsp3) is 0.409. The summed E-state index contributed by atoms with van der Waals surface area (Å²) >= 11 is 3.28. The van der Waals surface area contributed by atoms with Gasteiger partial charge in [-0.25, -0.2) is 5.43 Å². The summed E-state index contributed by atoms with van der Waals surface area (Å²) in [4.78, 5) is 2.64. The smallest absolute Gasteiger partial charge is 0.287 e. The molecule has 2 aromatic carbocycles. The van der Waals surface area contributed by atoms with Gasteiger partial charge in [-0.05, 0) is 68.2 Å². The highest BCUT2D eigenvalue weighted by Gasteiger charge is 2.25. The minimum absolute atomic E-state index is 0. The fourth-order valence-electron chi connectivity index (χ4n) is 3.79. The van der Waals surface area contributed by atoms with E-state index in [1.807, 2.05) is 12.1 Å². The number of hydrazine groups is 1. The third kappa shape index (κ3) is 7.15. The van der Waals surface area contributed by atoms with Crippen molar-refractivity contribution in [2.75, 3.05) is 31.6 Å².